The Hall–Kier alpha value is -0.370. The summed E-state index contributed by atoms with van der Waals surface area (Å²) in [5.74, 6) is -0.535. The maximum absolute atomic E-state index is 12.1. The number of carbonyl (C=O) groups excluding carboxylic acids is 1. The Morgan fingerprint density at radius 2 is 2.22 bits per heavy atom. The molecule has 0 aromatic carbocycles. The number of fused-ring (bicyclic) bond motifs is 1. The Bertz CT molecular complexity index is 492. The van der Waals surface area contributed by atoms with Crippen molar-refractivity contribution in [3.05, 3.63) is 0 Å². The van der Waals surface area contributed by atoms with Crippen molar-refractivity contribution in [3.63, 3.8) is 0 Å². The van der Waals surface area contributed by atoms with Crippen molar-refractivity contribution in [1.29, 1.82) is 0 Å². The molecular formula is C10H14ClNO5S. The monoisotopic (exact) mass is 295 g/mol. The van der Waals surface area contributed by atoms with Crippen LogP contribution >= 0.6 is 11.6 Å². The van der Waals surface area contributed by atoms with Crippen LogP contribution in [0.1, 0.15) is 13.3 Å². The lowest BCUT2D eigenvalue weighted by molar-refractivity contribution is -0.152. The SMILES string of the molecule is CC(Cl)C(=O)OC1C2CC3C(O2)C1N(C)S3(=O)=O. The first-order valence-corrected chi connectivity index (χ1v) is 7.75. The molecule has 3 rings (SSSR count). The van der Waals surface area contributed by atoms with Crippen LogP contribution in [-0.4, -0.2) is 60.7 Å². The van der Waals surface area contributed by atoms with Crippen molar-refractivity contribution in [2.45, 2.75) is 48.3 Å². The molecule has 3 saturated heterocycles. The standard InChI is InChI=1S/C10H14ClNO5S/c1-4(11)10(13)17-8-5-3-6-9(16-5)7(8)12(2)18(6,14)15/h4-9H,3H2,1-2H3. The molecule has 3 fully saturated rings. The van der Waals surface area contributed by atoms with Gasteiger partial charge in [-0.25, -0.2) is 8.42 Å². The summed E-state index contributed by atoms with van der Waals surface area (Å²) < 4.78 is 36.3. The smallest absolute Gasteiger partial charge is 0.324 e. The van der Waals surface area contributed by atoms with Crippen LogP contribution in [0, 0.1) is 0 Å². The van der Waals surface area contributed by atoms with E-state index in [2.05, 4.69) is 0 Å². The number of rotatable bonds is 2. The van der Waals surface area contributed by atoms with Gasteiger partial charge in [-0.15, -0.1) is 11.6 Å². The third-order valence-corrected chi connectivity index (χ3v) is 6.43. The van der Waals surface area contributed by atoms with Gasteiger partial charge in [-0.05, 0) is 13.3 Å². The lowest BCUT2D eigenvalue weighted by atomic mass is 9.92. The summed E-state index contributed by atoms with van der Waals surface area (Å²) in [4.78, 5) is 11.5. The quantitative estimate of drug-likeness (QED) is 0.517. The predicted octanol–water partition coefficient (Wildman–Crippen LogP) is -0.291. The average Bonchev–Trinajstić information content (AvgIpc) is 2.88. The Labute approximate surface area is 110 Å². The lowest BCUT2D eigenvalue weighted by Gasteiger charge is -2.26. The molecule has 102 valence electrons. The summed E-state index contributed by atoms with van der Waals surface area (Å²) >= 11 is 5.66. The third-order valence-electron chi connectivity index (χ3n) is 3.98. The van der Waals surface area contributed by atoms with Gasteiger partial charge >= 0.3 is 5.97 Å². The molecule has 6 atom stereocenters. The van der Waals surface area contributed by atoms with Gasteiger partial charge in [0.2, 0.25) is 10.0 Å². The van der Waals surface area contributed by atoms with Gasteiger partial charge in [-0.1, -0.05) is 0 Å². The molecule has 0 aliphatic carbocycles. The Balaban J connectivity index is 1.87. The van der Waals surface area contributed by atoms with Crippen molar-refractivity contribution in [3.8, 4) is 0 Å². The number of likely N-dealkylation sites (N-methyl/N-ethyl adjacent to an activating group) is 1. The third kappa shape index (κ3) is 1.47. The molecule has 0 aromatic rings. The number of halogens is 1. The molecule has 2 bridgehead atoms. The molecule has 0 amide bonds. The summed E-state index contributed by atoms with van der Waals surface area (Å²) in [5.41, 5.74) is 0. The van der Waals surface area contributed by atoms with Crippen molar-refractivity contribution in [1.82, 2.24) is 4.31 Å². The van der Waals surface area contributed by atoms with E-state index in [-0.39, 0.29) is 12.2 Å². The number of hydrogen-bond acceptors (Lipinski definition) is 5. The van der Waals surface area contributed by atoms with E-state index >= 15 is 0 Å². The first kappa shape index (κ1) is 12.7. The van der Waals surface area contributed by atoms with E-state index in [4.69, 9.17) is 21.1 Å². The first-order chi connectivity index (χ1) is 8.34. The van der Waals surface area contributed by atoms with Gasteiger partial charge in [0.25, 0.3) is 0 Å². The molecule has 3 heterocycles. The maximum atomic E-state index is 12.1. The molecule has 3 aliphatic rings. The number of esters is 1. The van der Waals surface area contributed by atoms with Crippen molar-refractivity contribution >= 4 is 27.6 Å². The fraction of sp³-hybridized carbons (Fsp3) is 0.900. The number of sulfonamides is 1. The summed E-state index contributed by atoms with van der Waals surface area (Å²) in [6.07, 6.45) is -0.859. The molecule has 8 heteroatoms. The Morgan fingerprint density at radius 1 is 1.56 bits per heavy atom. The van der Waals surface area contributed by atoms with Gasteiger partial charge in [-0.3, -0.25) is 4.79 Å². The number of carbonyl (C=O) groups is 1. The highest BCUT2D eigenvalue weighted by Gasteiger charge is 2.68. The van der Waals surface area contributed by atoms with Gasteiger partial charge < -0.3 is 9.47 Å². The molecule has 18 heavy (non-hydrogen) atoms. The highest BCUT2D eigenvalue weighted by molar-refractivity contribution is 7.90. The van der Waals surface area contributed by atoms with Crippen LogP contribution < -0.4 is 0 Å². The number of nitrogens with zero attached hydrogens (tertiary/aromatic N) is 1. The van der Waals surface area contributed by atoms with Crippen molar-refractivity contribution in [2.24, 2.45) is 0 Å². The van der Waals surface area contributed by atoms with Crippen LogP contribution in [0.3, 0.4) is 0 Å². The predicted molar refractivity (Wildman–Crippen MR) is 62.7 cm³/mol. The van der Waals surface area contributed by atoms with E-state index in [1.807, 2.05) is 0 Å². The zero-order chi connectivity index (χ0) is 13.2. The van der Waals surface area contributed by atoms with Crippen LogP contribution in [0.15, 0.2) is 0 Å². The summed E-state index contributed by atoms with van der Waals surface area (Å²) in [5, 5.41) is -1.23. The highest BCUT2D eigenvalue weighted by Crippen LogP contribution is 2.48. The molecule has 0 spiro atoms. The van der Waals surface area contributed by atoms with Gasteiger partial charge in [0, 0.05) is 7.05 Å². The fourth-order valence-corrected chi connectivity index (χ4v) is 5.14. The Kier molecular flexibility index (Phi) is 2.68. The Morgan fingerprint density at radius 3 is 2.83 bits per heavy atom. The van der Waals surface area contributed by atoms with Crippen LogP contribution in [0.25, 0.3) is 0 Å². The van der Waals surface area contributed by atoms with Gasteiger partial charge in [-0.2, -0.15) is 4.31 Å². The molecule has 3 aliphatic heterocycles. The lowest BCUT2D eigenvalue weighted by Crippen LogP contribution is -2.46. The molecule has 0 saturated carbocycles. The van der Waals surface area contributed by atoms with Gasteiger partial charge in [0.1, 0.15) is 16.7 Å². The number of alkyl halides is 1. The second kappa shape index (κ2) is 3.82. The normalized spacial score (nSPS) is 46.3. The second-order valence-electron chi connectivity index (χ2n) is 4.98. The molecule has 6 nitrogen and oxygen atoms in total. The van der Waals surface area contributed by atoms with E-state index in [9.17, 15) is 13.2 Å². The molecular weight excluding hydrogens is 282 g/mol. The minimum absolute atomic E-state index is 0.330. The second-order valence-corrected chi connectivity index (χ2v) is 7.85. The topological polar surface area (TPSA) is 72.9 Å². The van der Waals surface area contributed by atoms with Gasteiger partial charge in [0.05, 0.1) is 18.2 Å². The van der Waals surface area contributed by atoms with E-state index in [1.165, 1.54) is 18.3 Å². The van der Waals surface area contributed by atoms with E-state index < -0.39 is 38.8 Å². The van der Waals surface area contributed by atoms with Crippen LogP contribution in [0.4, 0.5) is 0 Å². The number of hydrogen-bond donors (Lipinski definition) is 0. The molecule has 0 N–H and O–H groups in total. The van der Waals surface area contributed by atoms with E-state index in [0.717, 1.165) is 0 Å². The highest BCUT2D eigenvalue weighted by atomic mass is 35.5. The van der Waals surface area contributed by atoms with E-state index in [0.29, 0.717) is 6.42 Å². The zero-order valence-corrected chi connectivity index (χ0v) is 11.5. The summed E-state index contributed by atoms with van der Waals surface area (Å²) in [6.45, 7) is 1.52. The van der Waals surface area contributed by atoms with Crippen molar-refractivity contribution < 1.29 is 22.7 Å². The summed E-state index contributed by atoms with van der Waals surface area (Å²) in [6, 6.07) is -0.405. The van der Waals surface area contributed by atoms with Crippen molar-refractivity contribution in [2.75, 3.05) is 7.05 Å². The fourth-order valence-electron chi connectivity index (χ4n) is 3.09. The zero-order valence-electron chi connectivity index (χ0n) is 9.95. The van der Waals surface area contributed by atoms with Crippen LogP contribution in [0.2, 0.25) is 0 Å². The molecule has 0 aromatic heterocycles. The minimum Gasteiger partial charge on any atom is -0.457 e. The maximum Gasteiger partial charge on any atom is 0.324 e. The largest absolute Gasteiger partial charge is 0.457 e. The van der Waals surface area contributed by atoms with Gasteiger partial charge in [0.15, 0.2) is 0 Å². The van der Waals surface area contributed by atoms with Crippen LogP contribution in [0.5, 0.6) is 0 Å². The number of ether oxygens (including phenoxy) is 2. The first-order valence-electron chi connectivity index (χ1n) is 5.81. The summed E-state index contributed by atoms with van der Waals surface area (Å²) in [7, 11) is -1.81. The molecule has 0 radical (unpaired) electrons. The minimum atomic E-state index is -3.31. The van der Waals surface area contributed by atoms with Crippen LogP contribution in [-0.2, 0) is 24.3 Å². The molecule has 6 unspecified atom stereocenters. The average molecular weight is 296 g/mol. The van der Waals surface area contributed by atoms with E-state index in [1.54, 1.807) is 0 Å².